The third-order valence-electron chi connectivity index (χ3n) is 1.31. The van der Waals surface area contributed by atoms with Crippen LogP contribution in [0.25, 0.3) is 0 Å². The van der Waals surface area contributed by atoms with Crippen molar-refractivity contribution in [3.05, 3.63) is 10.6 Å². The maximum absolute atomic E-state index is 12.0. The lowest BCUT2D eigenvalue weighted by atomic mass is 10.1. The Morgan fingerprint density at radius 3 is 1.29 bits per heavy atom. The Morgan fingerprint density at radius 1 is 0.929 bits per heavy atom. The summed E-state index contributed by atoms with van der Waals surface area (Å²) in [6.07, 6.45) is -10.9. The zero-order chi connectivity index (χ0) is 11.7. The topological polar surface area (TPSA) is 0 Å². The Bertz CT molecular complexity index is 218. The van der Waals surface area contributed by atoms with Gasteiger partial charge in [0, 0.05) is 5.03 Å². The van der Waals surface area contributed by atoms with Gasteiger partial charge in [-0.25, -0.2) is 0 Å². The first-order valence-corrected chi connectivity index (χ1v) is 3.89. The van der Waals surface area contributed by atoms with Gasteiger partial charge < -0.3 is 0 Å². The summed E-state index contributed by atoms with van der Waals surface area (Å²) >= 11 is 4.99. The Labute approximate surface area is 81.5 Å². The summed E-state index contributed by atoms with van der Waals surface area (Å²) in [6.45, 7) is 2.31. The summed E-state index contributed by atoms with van der Waals surface area (Å²) < 4.78 is 71.8. The van der Waals surface area contributed by atoms with E-state index in [1.165, 1.54) is 0 Å². The van der Waals surface area contributed by atoms with Crippen LogP contribution in [0.4, 0.5) is 26.3 Å². The minimum absolute atomic E-state index is 1.02. The molecule has 0 fully saturated rings. The van der Waals surface area contributed by atoms with Crippen LogP contribution in [0, 0.1) is 5.92 Å². The molecule has 0 aliphatic rings. The molecule has 7 heteroatoms. The predicted molar refractivity (Wildman–Crippen MR) is 39.8 cm³/mol. The van der Waals surface area contributed by atoms with Gasteiger partial charge in [0.25, 0.3) is 0 Å². The molecule has 0 spiro atoms. The van der Waals surface area contributed by atoms with Gasteiger partial charge in [0.05, 0.1) is 0 Å². The van der Waals surface area contributed by atoms with Gasteiger partial charge in [0.15, 0.2) is 5.57 Å². The molecule has 14 heavy (non-hydrogen) atoms. The molecule has 84 valence electrons. The largest absolute Gasteiger partial charge is 0.422 e. The van der Waals surface area contributed by atoms with E-state index < -0.39 is 28.9 Å². The lowest BCUT2D eigenvalue weighted by molar-refractivity contribution is -0.173. The molecule has 0 aliphatic heterocycles. The van der Waals surface area contributed by atoms with Crippen molar-refractivity contribution in [2.24, 2.45) is 5.92 Å². The summed E-state index contributed by atoms with van der Waals surface area (Å²) in [4.78, 5) is 0. The molecular weight excluding hydrogens is 234 g/mol. The average Bonchev–Trinajstić information content (AvgIpc) is 1.79. The summed E-state index contributed by atoms with van der Waals surface area (Å²) in [5, 5.41) is -1.22. The zero-order valence-electron chi connectivity index (χ0n) is 7.22. The highest BCUT2D eigenvalue weighted by atomic mass is 35.5. The lowest BCUT2D eigenvalue weighted by Crippen LogP contribution is -2.28. The summed E-state index contributed by atoms with van der Waals surface area (Å²) in [6, 6.07) is 0. The van der Waals surface area contributed by atoms with Crippen LogP contribution in [-0.4, -0.2) is 12.4 Å². The lowest BCUT2D eigenvalue weighted by Gasteiger charge is -2.18. The van der Waals surface area contributed by atoms with Gasteiger partial charge in [-0.1, -0.05) is 25.4 Å². The van der Waals surface area contributed by atoms with Crippen molar-refractivity contribution >= 4 is 11.6 Å². The Balaban J connectivity index is 5.46. The molecule has 0 aromatic heterocycles. The molecule has 0 aliphatic carbocycles. The van der Waals surface area contributed by atoms with E-state index >= 15 is 0 Å². The van der Waals surface area contributed by atoms with Crippen molar-refractivity contribution in [2.75, 3.05) is 0 Å². The molecule has 0 unspecified atom stereocenters. The van der Waals surface area contributed by atoms with Gasteiger partial charge >= 0.3 is 12.4 Å². The molecule has 0 bridgehead atoms. The van der Waals surface area contributed by atoms with E-state index in [0.29, 0.717) is 0 Å². The van der Waals surface area contributed by atoms with E-state index in [2.05, 4.69) is 0 Å². The number of hydrogen-bond acceptors (Lipinski definition) is 0. The van der Waals surface area contributed by atoms with Gasteiger partial charge in [-0.2, -0.15) is 26.3 Å². The molecular formula is C7H7ClF6. The Kier molecular flexibility index (Phi) is 3.89. The van der Waals surface area contributed by atoms with E-state index in [-0.39, 0.29) is 0 Å². The zero-order valence-corrected chi connectivity index (χ0v) is 7.98. The van der Waals surface area contributed by atoms with E-state index in [1.54, 1.807) is 0 Å². The fourth-order valence-corrected chi connectivity index (χ4v) is 0.934. The van der Waals surface area contributed by atoms with Crippen LogP contribution in [0.3, 0.4) is 0 Å². The minimum Gasteiger partial charge on any atom is -0.166 e. The van der Waals surface area contributed by atoms with E-state index in [1.807, 2.05) is 0 Å². The number of halogens is 7. The molecule has 0 saturated heterocycles. The molecule has 0 amide bonds. The number of alkyl halides is 6. The van der Waals surface area contributed by atoms with E-state index in [0.717, 1.165) is 13.8 Å². The van der Waals surface area contributed by atoms with Crippen LogP contribution in [-0.2, 0) is 0 Å². The second kappa shape index (κ2) is 4.00. The van der Waals surface area contributed by atoms with Crippen molar-refractivity contribution in [3.63, 3.8) is 0 Å². The van der Waals surface area contributed by atoms with E-state index in [4.69, 9.17) is 11.6 Å². The maximum atomic E-state index is 12.0. The number of hydrogen-bond donors (Lipinski definition) is 0. The third-order valence-corrected chi connectivity index (χ3v) is 1.94. The van der Waals surface area contributed by atoms with Crippen LogP contribution in [0.1, 0.15) is 13.8 Å². The van der Waals surface area contributed by atoms with Crippen molar-refractivity contribution in [3.8, 4) is 0 Å². The number of rotatable bonds is 1. The fourth-order valence-electron chi connectivity index (χ4n) is 0.720. The van der Waals surface area contributed by atoms with Crippen LogP contribution >= 0.6 is 11.6 Å². The normalized spacial score (nSPS) is 13.3. The molecule has 0 radical (unpaired) electrons. The van der Waals surface area contributed by atoms with Gasteiger partial charge in [-0.15, -0.1) is 0 Å². The molecule has 0 N–H and O–H groups in total. The van der Waals surface area contributed by atoms with Gasteiger partial charge in [0.2, 0.25) is 0 Å². The van der Waals surface area contributed by atoms with Crippen molar-refractivity contribution in [1.29, 1.82) is 0 Å². The predicted octanol–water partition coefficient (Wildman–Crippen LogP) is 4.26. The molecule has 0 aromatic rings. The first-order valence-electron chi connectivity index (χ1n) is 3.52. The first-order chi connectivity index (χ1) is 5.98. The van der Waals surface area contributed by atoms with Gasteiger partial charge in [0.1, 0.15) is 0 Å². The Morgan fingerprint density at radius 2 is 1.21 bits per heavy atom. The van der Waals surface area contributed by atoms with Crippen LogP contribution in [0.2, 0.25) is 0 Å². The second-order valence-corrected chi connectivity index (χ2v) is 3.28. The standard InChI is InChI=1S/C7H7ClF6/c1-3(2)4(8)5(6(9,10)11)7(12,13)14/h3H,1-2H3. The fraction of sp³-hybridized carbons (Fsp3) is 0.714. The summed E-state index contributed by atoms with van der Waals surface area (Å²) in [5.41, 5.74) is -2.62. The van der Waals surface area contributed by atoms with Gasteiger partial charge in [-0.05, 0) is 5.92 Å². The van der Waals surface area contributed by atoms with Crippen molar-refractivity contribution in [2.45, 2.75) is 26.2 Å². The summed E-state index contributed by atoms with van der Waals surface area (Å²) in [5.74, 6) is -1.02. The highest BCUT2D eigenvalue weighted by Gasteiger charge is 2.53. The highest BCUT2D eigenvalue weighted by Crippen LogP contribution is 2.43. The molecule has 0 atom stereocenters. The van der Waals surface area contributed by atoms with Gasteiger partial charge in [-0.3, -0.25) is 0 Å². The third kappa shape index (κ3) is 3.40. The van der Waals surface area contributed by atoms with Crippen LogP contribution in [0.5, 0.6) is 0 Å². The minimum atomic E-state index is -5.47. The molecule has 0 aromatic carbocycles. The second-order valence-electron chi connectivity index (χ2n) is 2.87. The smallest absolute Gasteiger partial charge is 0.166 e. The maximum Gasteiger partial charge on any atom is 0.422 e. The average molecular weight is 241 g/mol. The van der Waals surface area contributed by atoms with Crippen molar-refractivity contribution in [1.82, 2.24) is 0 Å². The first kappa shape index (κ1) is 13.6. The monoisotopic (exact) mass is 240 g/mol. The number of allylic oxidation sites excluding steroid dienone is 2. The van der Waals surface area contributed by atoms with E-state index in [9.17, 15) is 26.3 Å². The van der Waals surface area contributed by atoms with Crippen LogP contribution in [0.15, 0.2) is 10.6 Å². The SMILES string of the molecule is CC(C)C(Cl)=C(C(F)(F)F)C(F)(F)F. The molecule has 0 nitrogen and oxygen atoms in total. The molecule has 0 rings (SSSR count). The molecule has 0 saturated carbocycles. The van der Waals surface area contributed by atoms with Crippen molar-refractivity contribution < 1.29 is 26.3 Å². The van der Waals surface area contributed by atoms with Crippen LogP contribution < -0.4 is 0 Å². The Hall–Kier alpha value is -0.390. The highest BCUT2D eigenvalue weighted by molar-refractivity contribution is 6.30. The quantitative estimate of drug-likeness (QED) is 0.601. The summed E-state index contributed by atoms with van der Waals surface area (Å²) in [7, 11) is 0. The molecule has 0 heterocycles.